The van der Waals surface area contributed by atoms with Crippen LogP contribution in [0.2, 0.25) is 0 Å². The lowest BCUT2D eigenvalue weighted by Crippen LogP contribution is -2.14. The van der Waals surface area contributed by atoms with Crippen LogP contribution in [0.3, 0.4) is 0 Å². The van der Waals surface area contributed by atoms with Gasteiger partial charge in [-0.2, -0.15) is 0 Å². The summed E-state index contributed by atoms with van der Waals surface area (Å²) in [5.74, 6) is -0.696. The third-order valence-electron chi connectivity index (χ3n) is 2.08. The van der Waals surface area contributed by atoms with Crippen molar-refractivity contribution in [1.82, 2.24) is 0 Å². The Morgan fingerprint density at radius 1 is 1.47 bits per heavy atom. The average Bonchev–Trinajstić information content (AvgIpc) is 2.27. The highest BCUT2D eigenvalue weighted by molar-refractivity contribution is 5.97. The lowest BCUT2D eigenvalue weighted by atomic mass is 10.0. The first-order valence-corrected chi connectivity index (χ1v) is 4.45. The Kier molecular flexibility index (Phi) is 3.51. The quantitative estimate of drug-likeness (QED) is 0.461. The van der Waals surface area contributed by atoms with Gasteiger partial charge in [-0.15, -0.1) is 0 Å². The Balaban J connectivity index is 2.89. The van der Waals surface area contributed by atoms with E-state index in [-0.39, 0.29) is 18.1 Å². The third-order valence-corrected chi connectivity index (χ3v) is 2.08. The molecule has 0 aromatic heterocycles. The summed E-state index contributed by atoms with van der Waals surface area (Å²) in [7, 11) is 0. The van der Waals surface area contributed by atoms with Crippen LogP contribution in [0.15, 0.2) is 24.3 Å². The van der Waals surface area contributed by atoms with E-state index in [0.29, 0.717) is 5.56 Å². The second-order valence-electron chi connectivity index (χ2n) is 3.25. The number of aliphatic hydroxyl groups is 1. The van der Waals surface area contributed by atoms with Crippen LogP contribution in [0.25, 0.3) is 0 Å². The maximum Gasteiger partial charge on any atom is 0.269 e. The van der Waals surface area contributed by atoms with E-state index in [2.05, 4.69) is 0 Å². The smallest absolute Gasteiger partial charge is 0.269 e. The lowest BCUT2D eigenvalue weighted by molar-refractivity contribution is -0.384. The van der Waals surface area contributed by atoms with Crippen LogP contribution in [0, 0.1) is 16.0 Å². The lowest BCUT2D eigenvalue weighted by Gasteiger charge is -2.05. The number of nitro groups is 1. The fourth-order valence-electron chi connectivity index (χ4n) is 1.11. The molecule has 0 aliphatic carbocycles. The van der Waals surface area contributed by atoms with Gasteiger partial charge in [0.2, 0.25) is 0 Å². The summed E-state index contributed by atoms with van der Waals surface area (Å²) in [5, 5.41) is 19.1. The zero-order valence-electron chi connectivity index (χ0n) is 8.21. The molecule has 0 fully saturated rings. The molecule has 0 amide bonds. The highest BCUT2D eigenvalue weighted by Gasteiger charge is 2.15. The minimum Gasteiger partial charge on any atom is -0.396 e. The summed E-state index contributed by atoms with van der Waals surface area (Å²) in [4.78, 5) is 21.4. The van der Waals surface area contributed by atoms with Crippen LogP contribution in [0.1, 0.15) is 17.3 Å². The second-order valence-corrected chi connectivity index (χ2v) is 3.25. The predicted molar refractivity (Wildman–Crippen MR) is 53.7 cm³/mol. The van der Waals surface area contributed by atoms with Crippen molar-refractivity contribution in [3.8, 4) is 0 Å². The average molecular weight is 209 g/mol. The van der Waals surface area contributed by atoms with Crippen LogP contribution in [-0.4, -0.2) is 22.4 Å². The van der Waals surface area contributed by atoms with Gasteiger partial charge in [-0.3, -0.25) is 14.9 Å². The first-order chi connectivity index (χ1) is 7.06. The number of carbonyl (C=O) groups excluding carboxylic acids is 1. The maximum atomic E-state index is 11.5. The molecule has 15 heavy (non-hydrogen) atoms. The highest BCUT2D eigenvalue weighted by Crippen LogP contribution is 2.14. The van der Waals surface area contributed by atoms with Gasteiger partial charge in [0.1, 0.15) is 0 Å². The SMILES string of the molecule is CC(CO)C(=O)c1ccc([N+](=O)[O-])cc1. The Morgan fingerprint density at radius 3 is 2.40 bits per heavy atom. The molecular formula is C10H11NO4. The zero-order chi connectivity index (χ0) is 11.4. The molecule has 1 atom stereocenters. The molecule has 0 heterocycles. The van der Waals surface area contributed by atoms with Crippen molar-refractivity contribution in [2.75, 3.05) is 6.61 Å². The molecular weight excluding hydrogens is 198 g/mol. The number of hydrogen-bond acceptors (Lipinski definition) is 4. The van der Waals surface area contributed by atoms with Gasteiger partial charge >= 0.3 is 0 Å². The molecule has 80 valence electrons. The van der Waals surface area contributed by atoms with Gasteiger partial charge in [0.15, 0.2) is 5.78 Å². The molecule has 0 bridgehead atoms. The number of carbonyl (C=O) groups is 1. The second kappa shape index (κ2) is 4.65. The number of rotatable bonds is 4. The van der Waals surface area contributed by atoms with Gasteiger partial charge in [0.25, 0.3) is 5.69 Å². The predicted octanol–water partition coefficient (Wildman–Crippen LogP) is 1.41. The van der Waals surface area contributed by atoms with E-state index in [4.69, 9.17) is 5.11 Å². The topological polar surface area (TPSA) is 80.4 Å². The summed E-state index contributed by atoms with van der Waals surface area (Å²) in [5.41, 5.74) is 0.324. The molecule has 5 nitrogen and oxygen atoms in total. The summed E-state index contributed by atoms with van der Waals surface area (Å²) in [6.45, 7) is 1.37. The molecule has 0 aliphatic rings. The Hall–Kier alpha value is -1.75. The monoisotopic (exact) mass is 209 g/mol. The van der Waals surface area contributed by atoms with Crippen molar-refractivity contribution < 1.29 is 14.8 Å². The summed E-state index contributed by atoms with van der Waals surface area (Å²) in [6, 6.07) is 5.34. The molecule has 0 saturated carbocycles. The fraction of sp³-hybridized carbons (Fsp3) is 0.300. The van der Waals surface area contributed by atoms with Gasteiger partial charge in [-0.25, -0.2) is 0 Å². The van der Waals surface area contributed by atoms with Gasteiger partial charge in [0.05, 0.1) is 11.5 Å². The van der Waals surface area contributed by atoms with Crippen molar-refractivity contribution in [3.63, 3.8) is 0 Å². The van der Waals surface area contributed by atoms with E-state index in [1.807, 2.05) is 0 Å². The molecule has 5 heteroatoms. The summed E-state index contributed by atoms with van der Waals surface area (Å²) < 4.78 is 0. The van der Waals surface area contributed by atoms with Crippen molar-refractivity contribution in [2.45, 2.75) is 6.92 Å². The molecule has 0 saturated heterocycles. The number of ketones is 1. The first-order valence-electron chi connectivity index (χ1n) is 4.45. The molecule has 1 aromatic carbocycles. The molecule has 0 spiro atoms. The van der Waals surface area contributed by atoms with E-state index in [1.165, 1.54) is 24.3 Å². The van der Waals surface area contributed by atoms with Gasteiger partial charge in [-0.1, -0.05) is 6.92 Å². The van der Waals surface area contributed by atoms with E-state index in [9.17, 15) is 14.9 Å². The van der Waals surface area contributed by atoms with E-state index in [1.54, 1.807) is 6.92 Å². The zero-order valence-corrected chi connectivity index (χ0v) is 8.21. The molecule has 0 aliphatic heterocycles. The van der Waals surface area contributed by atoms with Crippen LogP contribution in [0.5, 0.6) is 0 Å². The molecule has 1 rings (SSSR count). The highest BCUT2D eigenvalue weighted by atomic mass is 16.6. The standard InChI is InChI=1S/C10H11NO4/c1-7(6-12)10(13)8-2-4-9(5-3-8)11(14)15/h2-5,7,12H,6H2,1H3. The van der Waals surface area contributed by atoms with Crippen LogP contribution in [0.4, 0.5) is 5.69 Å². The van der Waals surface area contributed by atoms with E-state index in [0.717, 1.165) is 0 Å². The molecule has 0 radical (unpaired) electrons. The van der Waals surface area contributed by atoms with Gasteiger partial charge < -0.3 is 5.11 Å². The van der Waals surface area contributed by atoms with Crippen LogP contribution >= 0.6 is 0 Å². The van der Waals surface area contributed by atoms with E-state index >= 15 is 0 Å². The van der Waals surface area contributed by atoms with Crippen molar-refractivity contribution in [3.05, 3.63) is 39.9 Å². The van der Waals surface area contributed by atoms with E-state index < -0.39 is 10.8 Å². The Bertz CT molecular complexity index is 372. The number of nitrogens with zero attached hydrogens (tertiary/aromatic N) is 1. The third kappa shape index (κ3) is 2.60. The minimum absolute atomic E-state index is 0.0526. The van der Waals surface area contributed by atoms with Crippen LogP contribution < -0.4 is 0 Å². The maximum absolute atomic E-state index is 11.5. The number of non-ortho nitro benzene ring substituents is 1. The molecule has 1 unspecified atom stereocenters. The molecule has 1 aromatic rings. The number of benzene rings is 1. The fourth-order valence-corrected chi connectivity index (χ4v) is 1.11. The largest absolute Gasteiger partial charge is 0.396 e. The number of hydrogen-bond donors (Lipinski definition) is 1. The summed E-state index contributed by atoms with van der Waals surface area (Å²) in [6.07, 6.45) is 0. The Morgan fingerprint density at radius 2 is 2.00 bits per heavy atom. The van der Waals surface area contributed by atoms with Crippen molar-refractivity contribution in [2.24, 2.45) is 5.92 Å². The molecule has 1 N–H and O–H groups in total. The van der Waals surface area contributed by atoms with Crippen molar-refractivity contribution in [1.29, 1.82) is 0 Å². The van der Waals surface area contributed by atoms with Crippen molar-refractivity contribution >= 4 is 11.5 Å². The van der Waals surface area contributed by atoms with Crippen LogP contribution in [-0.2, 0) is 0 Å². The normalized spacial score (nSPS) is 12.1. The Labute approximate surface area is 86.5 Å². The number of nitro benzene ring substituents is 1. The van der Waals surface area contributed by atoms with Gasteiger partial charge in [0, 0.05) is 23.6 Å². The minimum atomic E-state index is -0.524. The number of Topliss-reactive ketones (excluding diaryl/α,β-unsaturated/α-hetero) is 1. The number of aliphatic hydroxyl groups excluding tert-OH is 1. The van der Waals surface area contributed by atoms with Gasteiger partial charge in [-0.05, 0) is 12.1 Å². The first kappa shape index (κ1) is 11.3. The summed E-state index contributed by atoms with van der Waals surface area (Å²) >= 11 is 0.